The van der Waals surface area contributed by atoms with Gasteiger partial charge in [0.05, 0.1) is 13.3 Å². The van der Waals surface area contributed by atoms with Crippen LogP contribution in [0, 0.1) is 5.95 Å². The number of rotatable bonds is 7. The lowest BCUT2D eigenvalue weighted by atomic mass is 10.1. The second-order valence-electron chi connectivity index (χ2n) is 4.55. The fraction of sp³-hybridized carbons (Fsp3) is 0.400. The van der Waals surface area contributed by atoms with Crippen molar-refractivity contribution < 1.29 is 9.13 Å². The average Bonchev–Trinajstić information content (AvgIpc) is 2.84. The van der Waals surface area contributed by atoms with Gasteiger partial charge in [0.2, 0.25) is 5.95 Å². The molecule has 4 nitrogen and oxygen atoms in total. The molecule has 116 valence electrons. The Balaban J connectivity index is 0.00000220. The third-order valence-electron chi connectivity index (χ3n) is 3.18. The highest BCUT2D eigenvalue weighted by Crippen LogP contribution is 2.12. The van der Waals surface area contributed by atoms with E-state index in [4.69, 9.17) is 4.74 Å². The van der Waals surface area contributed by atoms with E-state index >= 15 is 0 Å². The van der Waals surface area contributed by atoms with Crippen LogP contribution in [0.5, 0.6) is 5.75 Å². The molecule has 2 rings (SSSR count). The molecule has 0 atom stereocenters. The molecule has 1 aromatic carbocycles. The van der Waals surface area contributed by atoms with Crippen LogP contribution in [0.1, 0.15) is 18.1 Å². The smallest absolute Gasteiger partial charge is 0.215 e. The van der Waals surface area contributed by atoms with Gasteiger partial charge in [0, 0.05) is 18.7 Å². The number of ether oxygens (including phenoxy) is 1. The molecule has 21 heavy (non-hydrogen) atoms. The number of hydrogen-bond acceptors (Lipinski definition) is 3. The quantitative estimate of drug-likeness (QED) is 0.799. The minimum atomic E-state index is -0.249. The van der Waals surface area contributed by atoms with Gasteiger partial charge < -0.3 is 10.1 Å². The predicted octanol–water partition coefficient (Wildman–Crippen LogP) is 2.80. The number of halogens is 2. The maximum absolute atomic E-state index is 13.7. The molecule has 1 heterocycles. The molecule has 0 fully saturated rings. The van der Waals surface area contributed by atoms with E-state index in [2.05, 4.69) is 16.5 Å². The lowest BCUT2D eigenvalue weighted by molar-refractivity contribution is 0.414. The van der Waals surface area contributed by atoms with Gasteiger partial charge in [-0.2, -0.15) is 9.49 Å². The van der Waals surface area contributed by atoms with Crippen LogP contribution in [-0.4, -0.2) is 23.4 Å². The summed E-state index contributed by atoms with van der Waals surface area (Å²) in [5.41, 5.74) is 1.80. The summed E-state index contributed by atoms with van der Waals surface area (Å²) in [6.45, 7) is 3.70. The van der Waals surface area contributed by atoms with Crippen molar-refractivity contribution in [3.8, 4) is 5.75 Å². The number of nitrogens with one attached hydrogen (secondary N) is 1. The molecule has 1 aromatic heterocycles. The van der Waals surface area contributed by atoms with E-state index in [9.17, 15) is 4.39 Å². The molecule has 0 saturated heterocycles. The van der Waals surface area contributed by atoms with Gasteiger partial charge in [-0.3, -0.25) is 0 Å². The zero-order valence-electron chi connectivity index (χ0n) is 12.3. The maximum Gasteiger partial charge on any atom is 0.215 e. The molecule has 0 unspecified atom stereocenters. The van der Waals surface area contributed by atoms with E-state index in [1.807, 2.05) is 25.1 Å². The Hall–Kier alpha value is -1.59. The Morgan fingerprint density at radius 3 is 2.86 bits per heavy atom. The normalized spacial score (nSPS) is 10.2. The zero-order valence-corrected chi connectivity index (χ0v) is 13.1. The summed E-state index contributed by atoms with van der Waals surface area (Å²) in [6.07, 6.45) is 2.46. The highest BCUT2D eigenvalue weighted by molar-refractivity contribution is 5.85. The van der Waals surface area contributed by atoms with Crippen molar-refractivity contribution in [1.82, 2.24) is 15.1 Å². The molecular weight excluding hydrogens is 293 g/mol. The zero-order chi connectivity index (χ0) is 14.4. The molecule has 2 aromatic rings. The third kappa shape index (κ3) is 4.72. The fourth-order valence-electron chi connectivity index (χ4n) is 2.03. The van der Waals surface area contributed by atoms with E-state index in [0.717, 1.165) is 18.7 Å². The van der Waals surface area contributed by atoms with E-state index < -0.39 is 0 Å². The van der Waals surface area contributed by atoms with E-state index in [1.165, 1.54) is 10.2 Å². The van der Waals surface area contributed by atoms with Crippen LogP contribution in [0.3, 0.4) is 0 Å². The van der Waals surface area contributed by atoms with E-state index in [1.54, 1.807) is 13.3 Å². The largest absolute Gasteiger partial charge is 0.497 e. The highest BCUT2D eigenvalue weighted by Gasteiger charge is 2.08. The number of benzene rings is 1. The van der Waals surface area contributed by atoms with Crippen LogP contribution in [0.25, 0.3) is 0 Å². The summed E-state index contributed by atoms with van der Waals surface area (Å²) in [4.78, 5) is 0. The van der Waals surface area contributed by atoms with Gasteiger partial charge in [0.15, 0.2) is 0 Å². The number of aromatic nitrogens is 2. The molecule has 0 amide bonds. The van der Waals surface area contributed by atoms with Crippen molar-refractivity contribution in [2.24, 2.45) is 0 Å². The number of hydrogen-bond donors (Lipinski definition) is 1. The van der Waals surface area contributed by atoms with Gasteiger partial charge in [-0.15, -0.1) is 12.4 Å². The average molecular weight is 314 g/mol. The summed E-state index contributed by atoms with van der Waals surface area (Å²) in [5.74, 6) is 0.610. The van der Waals surface area contributed by atoms with Crippen LogP contribution >= 0.6 is 12.4 Å². The monoisotopic (exact) mass is 313 g/mol. The van der Waals surface area contributed by atoms with Crippen molar-refractivity contribution in [3.05, 3.63) is 47.5 Å². The van der Waals surface area contributed by atoms with Gasteiger partial charge in [0.25, 0.3) is 0 Å². The Morgan fingerprint density at radius 1 is 1.38 bits per heavy atom. The van der Waals surface area contributed by atoms with Gasteiger partial charge in [-0.1, -0.05) is 12.1 Å². The summed E-state index contributed by atoms with van der Waals surface area (Å²) in [6, 6.07) is 7.96. The van der Waals surface area contributed by atoms with Crippen molar-refractivity contribution >= 4 is 12.4 Å². The molecule has 0 bridgehead atoms. The second kappa shape index (κ2) is 8.64. The first-order chi connectivity index (χ1) is 9.74. The molecule has 0 aliphatic heterocycles. The summed E-state index contributed by atoms with van der Waals surface area (Å²) in [7, 11) is 1.66. The molecule has 0 saturated carbocycles. The van der Waals surface area contributed by atoms with Crippen LogP contribution in [0.2, 0.25) is 0 Å². The fourth-order valence-corrected chi connectivity index (χ4v) is 2.03. The molecule has 0 radical (unpaired) electrons. The number of aryl methyl sites for hydroxylation is 1. The number of methoxy groups -OCH3 is 1. The lowest BCUT2D eigenvalue weighted by Gasteiger charge is -2.06. The maximum atomic E-state index is 13.7. The Kier molecular flexibility index (Phi) is 7.19. The molecule has 0 aliphatic carbocycles. The highest BCUT2D eigenvalue weighted by atomic mass is 35.5. The van der Waals surface area contributed by atoms with E-state index in [0.29, 0.717) is 18.7 Å². The SMILES string of the molecule is CCn1ncc(CNCCc2cccc(OC)c2)c1F.Cl. The van der Waals surface area contributed by atoms with Crippen LogP contribution in [0.15, 0.2) is 30.5 Å². The first-order valence-corrected chi connectivity index (χ1v) is 6.78. The topological polar surface area (TPSA) is 39.1 Å². The molecule has 6 heteroatoms. The third-order valence-corrected chi connectivity index (χ3v) is 3.18. The van der Waals surface area contributed by atoms with Crippen LogP contribution in [-0.2, 0) is 19.5 Å². The molecule has 1 N–H and O–H groups in total. The van der Waals surface area contributed by atoms with Gasteiger partial charge >= 0.3 is 0 Å². The van der Waals surface area contributed by atoms with Gasteiger partial charge in [0.1, 0.15) is 5.75 Å². The molecule has 0 aliphatic rings. The van der Waals surface area contributed by atoms with Gasteiger partial charge in [-0.25, -0.2) is 4.68 Å². The Morgan fingerprint density at radius 2 is 2.19 bits per heavy atom. The summed E-state index contributed by atoms with van der Waals surface area (Å²) >= 11 is 0. The van der Waals surface area contributed by atoms with Crippen molar-refractivity contribution in [2.75, 3.05) is 13.7 Å². The van der Waals surface area contributed by atoms with Gasteiger partial charge in [-0.05, 0) is 37.6 Å². The van der Waals surface area contributed by atoms with Crippen LogP contribution in [0.4, 0.5) is 4.39 Å². The molecule has 0 spiro atoms. The van der Waals surface area contributed by atoms with Crippen molar-refractivity contribution in [1.29, 1.82) is 0 Å². The van der Waals surface area contributed by atoms with E-state index in [-0.39, 0.29) is 18.4 Å². The minimum Gasteiger partial charge on any atom is -0.497 e. The minimum absolute atomic E-state index is 0. The predicted molar refractivity (Wildman–Crippen MR) is 83.5 cm³/mol. The van der Waals surface area contributed by atoms with Crippen LogP contribution < -0.4 is 10.1 Å². The number of nitrogens with zero attached hydrogens (tertiary/aromatic N) is 2. The summed E-state index contributed by atoms with van der Waals surface area (Å²) in [5, 5.41) is 7.21. The Labute approximate surface area is 130 Å². The first kappa shape index (κ1) is 17.5. The second-order valence-corrected chi connectivity index (χ2v) is 4.55. The Bertz CT molecular complexity index is 560. The first-order valence-electron chi connectivity index (χ1n) is 6.78. The molecular formula is C15H21ClFN3O. The standard InChI is InChI=1S/C15H20FN3O.ClH/c1-3-19-15(16)13(11-18-19)10-17-8-7-12-5-4-6-14(9-12)20-2;/h4-6,9,11,17H,3,7-8,10H2,1-2H3;1H. The lowest BCUT2D eigenvalue weighted by Crippen LogP contribution is -2.17. The van der Waals surface area contributed by atoms with Crippen molar-refractivity contribution in [2.45, 2.75) is 26.4 Å². The summed E-state index contributed by atoms with van der Waals surface area (Å²) < 4.78 is 20.3. The van der Waals surface area contributed by atoms with Crippen molar-refractivity contribution in [3.63, 3.8) is 0 Å².